The molecule has 0 aliphatic carbocycles. The van der Waals surface area contributed by atoms with E-state index >= 15 is 0 Å². The molecule has 4 aromatic rings. The molecule has 1 amide bonds. The van der Waals surface area contributed by atoms with E-state index in [4.69, 9.17) is 4.74 Å². The number of H-pyrrole nitrogens is 1. The highest BCUT2D eigenvalue weighted by Crippen LogP contribution is 2.32. The number of carbonyl (C=O) groups is 2. The van der Waals surface area contributed by atoms with Crippen LogP contribution in [0.3, 0.4) is 0 Å². The number of tetrazole rings is 1. The SMILES string of the molecule is CCCOC(=O)N(Cc1ccc2cc(-c3ccccc3-c3nnn[nH]3)ccc2c1)[C@H](C(=O)O)C(C)C. The van der Waals surface area contributed by atoms with Crippen LogP contribution in [-0.4, -0.2) is 55.3 Å². The number of hydrogen-bond donors (Lipinski definition) is 2. The van der Waals surface area contributed by atoms with E-state index in [9.17, 15) is 14.7 Å². The summed E-state index contributed by atoms with van der Waals surface area (Å²) in [6.45, 7) is 5.84. The van der Waals surface area contributed by atoms with Gasteiger partial charge in [-0.25, -0.2) is 14.7 Å². The second-order valence-corrected chi connectivity index (χ2v) is 8.96. The van der Waals surface area contributed by atoms with Crippen LogP contribution in [0.5, 0.6) is 0 Å². The van der Waals surface area contributed by atoms with E-state index in [1.54, 1.807) is 13.8 Å². The van der Waals surface area contributed by atoms with Crippen LogP contribution < -0.4 is 0 Å². The normalized spacial score (nSPS) is 12.0. The predicted molar refractivity (Wildman–Crippen MR) is 136 cm³/mol. The molecule has 0 radical (unpaired) electrons. The number of nitrogens with zero attached hydrogens (tertiary/aromatic N) is 4. The lowest BCUT2D eigenvalue weighted by molar-refractivity contribution is -0.144. The number of ether oxygens (including phenoxy) is 1. The maximum atomic E-state index is 12.8. The van der Waals surface area contributed by atoms with Gasteiger partial charge in [-0.2, -0.15) is 0 Å². The third-order valence-electron chi connectivity index (χ3n) is 5.98. The van der Waals surface area contributed by atoms with Gasteiger partial charge in [0.1, 0.15) is 6.04 Å². The summed E-state index contributed by atoms with van der Waals surface area (Å²) in [4.78, 5) is 26.1. The Morgan fingerprint density at radius 3 is 2.42 bits per heavy atom. The first kappa shape index (κ1) is 24.8. The molecular formula is C27H29N5O4. The summed E-state index contributed by atoms with van der Waals surface area (Å²) >= 11 is 0. The van der Waals surface area contributed by atoms with E-state index in [1.807, 2.05) is 61.5 Å². The van der Waals surface area contributed by atoms with Gasteiger partial charge in [0.2, 0.25) is 0 Å². The quantitative estimate of drug-likeness (QED) is 0.335. The topological polar surface area (TPSA) is 121 Å². The Hall–Kier alpha value is -4.27. The second-order valence-electron chi connectivity index (χ2n) is 8.96. The van der Waals surface area contributed by atoms with E-state index in [0.717, 1.165) is 33.0 Å². The monoisotopic (exact) mass is 487 g/mol. The number of carboxylic acid groups (broad SMARTS) is 1. The van der Waals surface area contributed by atoms with Crippen molar-refractivity contribution < 1.29 is 19.4 Å². The zero-order valence-corrected chi connectivity index (χ0v) is 20.5. The molecule has 0 bridgehead atoms. The Bertz CT molecular complexity index is 1350. The second kappa shape index (κ2) is 11.0. The number of rotatable bonds is 9. The number of aromatic amines is 1. The van der Waals surface area contributed by atoms with Crippen molar-refractivity contribution in [3.8, 4) is 22.5 Å². The minimum absolute atomic E-state index is 0.136. The van der Waals surface area contributed by atoms with E-state index in [0.29, 0.717) is 12.2 Å². The molecule has 2 N–H and O–H groups in total. The summed E-state index contributed by atoms with van der Waals surface area (Å²) in [5, 5.41) is 26.0. The summed E-state index contributed by atoms with van der Waals surface area (Å²) in [5.41, 5.74) is 3.72. The Kier molecular flexibility index (Phi) is 7.58. The van der Waals surface area contributed by atoms with Crippen LogP contribution in [0.2, 0.25) is 0 Å². The first-order valence-electron chi connectivity index (χ1n) is 11.9. The van der Waals surface area contributed by atoms with Gasteiger partial charge in [-0.05, 0) is 62.4 Å². The van der Waals surface area contributed by atoms with Gasteiger partial charge >= 0.3 is 12.1 Å². The molecule has 0 saturated heterocycles. The lowest BCUT2D eigenvalue weighted by Crippen LogP contribution is -2.47. The van der Waals surface area contributed by atoms with Crippen LogP contribution in [0, 0.1) is 5.92 Å². The lowest BCUT2D eigenvalue weighted by atomic mass is 9.96. The number of carboxylic acids is 1. The summed E-state index contributed by atoms with van der Waals surface area (Å²) in [5.74, 6) is -0.738. The molecule has 0 saturated carbocycles. The van der Waals surface area contributed by atoms with Crippen molar-refractivity contribution in [2.45, 2.75) is 39.8 Å². The highest BCUT2D eigenvalue weighted by Gasteiger charge is 2.33. The third kappa shape index (κ3) is 5.35. The Morgan fingerprint density at radius 1 is 1.03 bits per heavy atom. The van der Waals surface area contributed by atoms with E-state index in [1.165, 1.54) is 4.90 Å². The first-order valence-corrected chi connectivity index (χ1v) is 11.9. The molecule has 4 rings (SSSR count). The zero-order valence-electron chi connectivity index (χ0n) is 20.5. The van der Waals surface area contributed by atoms with Gasteiger partial charge in [-0.3, -0.25) is 4.90 Å². The van der Waals surface area contributed by atoms with Gasteiger partial charge in [0.15, 0.2) is 5.82 Å². The largest absolute Gasteiger partial charge is 0.480 e. The van der Waals surface area contributed by atoms with Crippen molar-refractivity contribution >= 4 is 22.8 Å². The van der Waals surface area contributed by atoms with Gasteiger partial charge in [0.05, 0.1) is 6.61 Å². The van der Waals surface area contributed by atoms with E-state index < -0.39 is 18.1 Å². The molecule has 0 aliphatic rings. The van der Waals surface area contributed by atoms with Gasteiger partial charge in [0.25, 0.3) is 0 Å². The fourth-order valence-corrected chi connectivity index (χ4v) is 4.30. The number of carbonyl (C=O) groups excluding carboxylic acids is 1. The van der Waals surface area contributed by atoms with Crippen LogP contribution >= 0.6 is 0 Å². The third-order valence-corrected chi connectivity index (χ3v) is 5.98. The molecule has 1 atom stereocenters. The van der Waals surface area contributed by atoms with Crippen LogP contribution in [-0.2, 0) is 16.1 Å². The standard InChI is InChI=1S/C27H29N5O4/c1-4-13-36-27(35)32(24(17(2)3)26(33)34)16-18-9-10-20-15-21(12-11-19(20)14-18)22-7-5-6-8-23(22)25-28-30-31-29-25/h5-12,14-15,17,24H,4,13,16H2,1-3H3,(H,33,34)(H,28,29,30,31)/t24-/m0/s1. The molecule has 186 valence electrons. The minimum Gasteiger partial charge on any atom is -0.480 e. The summed E-state index contributed by atoms with van der Waals surface area (Å²) in [7, 11) is 0. The van der Waals surface area contributed by atoms with E-state index in [-0.39, 0.29) is 19.1 Å². The number of aromatic nitrogens is 4. The van der Waals surface area contributed by atoms with E-state index in [2.05, 4.69) is 26.7 Å². The zero-order chi connectivity index (χ0) is 25.7. The van der Waals surface area contributed by atoms with Crippen LogP contribution in [0.25, 0.3) is 33.3 Å². The van der Waals surface area contributed by atoms with Crippen molar-refractivity contribution in [3.05, 3.63) is 66.2 Å². The number of hydrogen-bond acceptors (Lipinski definition) is 6. The van der Waals surface area contributed by atoms with Gasteiger partial charge in [-0.1, -0.05) is 69.3 Å². The number of benzene rings is 3. The van der Waals surface area contributed by atoms with Gasteiger partial charge < -0.3 is 9.84 Å². The first-order chi connectivity index (χ1) is 17.4. The summed E-state index contributed by atoms with van der Waals surface area (Å²) in [6, 6.07) is 18.9. The fraction of sp³-hybridized carbons (Fsp3) is 0.296. The van der Waals surface area contributed by atoms with Crippen LogP contribution in [0.1, 0.15) is 32.8 Å². The maximum Gasteiger partial charge on any atom is 0.410 e. The number of amides is 1. The number of fused-ring (bicyclic) bond motifs is 1. The lowest BCUT2D eigenvalue weighted by Gasteiger charge is -2.30. The average Bonchev–Trinajstić information content (AvgIpc) is 3.41. The van der Waals surface area contributed by atoms with Crippen molar-refractivity contribution in [2.75, 3.05) is 6.61 Å². The highest BCUT2D eigenvalue weighted by atomic mass is 16.6. The smallest absolute Gasteiger partial charge is 0.410 e. The minimum atomic E-state index is -1.05. The maximum absolute atomic E-state index is 12.8. The molecule has 3 aromatic carbocycles. The van der Waals surface area contributed by atoms with Crippen LogP contribution in [0.4, 0.5) is 4.79 Å². The molecule has 0 spiro atoms. The van der Waals surface area contributed by atoms with Crippen molar-refractivity contribution in [3.63, 3.8) is 0 Å². The molecule has 0 aliphatic heterocycles. The molecule has 1 heterocycles. The van der Waals surface area contributed by atoms with Gasteiger partial charge in [0, 0.05) is 12.1 Å². The number of aliphatic carboxylic acids is 1. The predicted octanol–water partition coefficient (Wildman–Crippen LogP) is 5.14. The Labute approximate surface area is 209 Å². The molecule has 9 heteroatoms. The molecule has 36 heavy (non-hydrogen) atoms. The molecular weight excluding hydrogens is 458 g/mol. The van der Waals surface area contributed by atoms with Crippen LogP contribution in [0.15, 0.2) is 60.7 Å². The highest BCUT2D eigenvalue weighted by molar-refractivity contribution is 5.91. The number of nitrogens with one attached hydrogen (secondary N) is 1. The van der Waals surface area contributed by atoms with Crippen molar-refractivity contribution in [1.29, 1.82) is 0 Å². The van der Waals surface area contributed by atoms with Gasteiger partial charge in [-0.15, -0.1) is 5.10 Å². The Morgan fingerprint density at radius 2 is 1.75 bits per heavy atom. The summed E-state index contributed by atoms with van der Waals surface area (Å²) < 4.78 is 5.31. The Balaban J connectivity index is 1.65. The molecule has 9 nitrogen and oxygen atoms in total. The van der Waals surface area contributed by atoms with Crippen molar-refractivity contribution in [1.82, 2.24) is 25.5 Å². The average molecular weight is 488 g/mol. The summed E-state index contributed by atoms with van der Waals surface area (Å²) in [6.07, 6.45) is 0.0415. The fourth-order valence-electron chi connectivity index (χ4n) is 4.30. The molecule has 0 fully saturated rings. The molecule has 1 aromatic heterocycles. The molecule has 0 unspecified atom stereocenters. The van der Waals surface area contributed by atoms with Crippen molar-refractivity contribution in [2.24, 2.45) is 5.92 Å².